The summed E-state index contributed by atoms with van der Waals surface area (Å²) < 4.78 is 0. The highest BCUT2D eigenvalue weighted by atomic mass is 35.5. The van der Waals surface area contributed by atoms with Gasteiger partial charge >= 0.3 is 0 Å². The van der Waals surface area contributed by atoms with Crippen molar-refractivity contribution in [2.45, 2.75) is 18.9 Å². The van der Waals surface area contributed by atoms with E-state index in [1.54, 1.807) is 11.3 Å². The van der Waals surface area contributed by atoms with Crippen molar-refractivity contribution in [3.8, 4) is 0 Å². The molecule has 2 aromatic heterocycles. The maximum Gasteiger partial charge on any atom is 0.151 e. The summed E-state index contributed by atoms with van der Waals surface area (Å²) in [6.45, 7) is 0. The molecule has 0 unspecified atom stereocenters. The molecule has 7 heteroatoms. The number of hydrogen-bond donors (Lipinski definition) is 2. The average molecular weight is 282 g/mol. The Kier molecular flexibility index (Phi) is 3.05. The van der Waals surface area contributed by atoms with E-state index in [0.29, 0.717) is 22.6 Å². The second-order valence-electron chi connectivity index (χ2n) is 4.25. The SMILES string of the molecule is Nc1ncnc(N[C@H](c2nccs2)C2CC2)c1Cl. The van der Waals surface area contributed by atoms with Gasteiger partial charge in [-0.15, -0.1) is 11.3 Å². The average Bonchev–Trinajstić information content (AvgIpc) is 3.06. The first-order valence-corrected chi connectivity index (χ1v) is 6.93. The Morgan fingerprint density at radius 3 is 2.89 bits per heavy atom. The van der Waals surface area contributed by atoms with Crippen molar-refractivity contribution >= 4 is 34.6 Å². The smallest absolute Gasteiger partial charge is 0.151 e. The summed E-state index contributed by atoms with van der Waals surface area (Å²) in [4.78, 5) is 12.4. The maximum absolute atomic E-state index is 6.09. The molecule has 0 radical (unpaired) electrons. The van der Waals surface area contributed by atoms with E-state index in [-0.39, 0.29) is 6.04 Å². The first-order valence-electron chi connectivity index (χ1n) is 5.67. The molecule has 5 nitrogen and oxygen atoms in total. The van der Waals surface area contributed by atoms with Crippen LogP contribution in [0.25, 0.3) is 0 Å². The monoisotopic (exact) mass is 281 g/mol. The first kappa shape index (κ1) is 11.7. The highest BCUT2D eigenvalue weighted by Crippen LogP contribution is 2.44. The molecule has 2 heterocycles. The van der Waals surface area contributed by atoms with Gasteiger partial charge in [0, 0.05) is 11.6 Å². The van der Waals surface area contributed by atoms with E-state index in [1.165, 1.54) is 19.2 Å². The van der Waals surface area contributed by atoms with Crippen LogP contribution < -0.4 is 11.1 Å². The molecule has 1 atom stereocenters. The van der Waals surface area contributed by atoms with Crippen LogP contribution in [0.3, 0.4) is 0 Å². The van der Waals surface area contributed by atoms with Gasteiger partial charge in [0.2, 0.25) is 0 Å². The Balaban J connectivity index is 1.87. The third-order valence-electron chi connectivity index (χ3n) is 2.92. The summed E-state index contributed by atoms with van der Waals surface area (Å²) in [5, 5.41) is 6.75. The molecule has 1 fully saturated rings. The molecule has 0 aromatic carbocycles. The minimum absolute atomic E-state index is 0.164. The van der Waals surface area contributed by atoms with Crippen LogP contribution >= 0.6 is 22.9 Å². The van der Waals surface area contributed by atoms with E-state index in [9.17, 15) is 0 Å². The predicted octanol–water partition coefficient (Wildman–Crippen LogP) is 2.73. The second-order valence-corrected chi connectivity index (χ2v) is 5.56. The Morgan fingerprint density at radius 1 is 1.39 bits per heavy atom. The van der Waals surface area contributed by atoms with E-state index in [2.05, 4.69) is 20.3 Å². The Morgan fingerprint density at radius 2 is 2.22 bits per heavy atom. The molecule has 0 saturated heterocycles. The lowest BCUT2D eigenvalue weighted by Crippen LogP contribution is -2.14. The molecule has 94 valence electrons. The van der Waals surface area contributed by atoms with Gasteiger partial charge in [-0.2, -0.15) is 0 Å². The second kappa shape index (κ2) is 4.70. The van der Waals surface area contributed by atoms with E-state index in [1.807, 2.05) is 11.6 Å². The van der Waals surface area contributed by atoms with Crippen molar-refractivity contribution in [2.75, 3.05) is 11.1 Å². The van der Waals surface area contributed by atoms with Gasteiger partial charge in [0.15, 0.2) is 5.82 Å². The van der Waals surface area contributed by atoms with Gasteiger partial charge in [-0.3, -0.25) is 0 Å². The molecule has 0 aliphatic heterocycles. The van der Waals surface area contributed by atoms with Gasteiger partial charge in [-0.05, 0) is 18.8 Å². The van der Waals surface area contributed by atoms with Gasteiger partial charge in [-0.1, -0.05) is 11.6 Å². The molecular weight excluding hydrogens is 270 g/mol. The van der Waals surface area contributed by atoms with Crippen LogP contribution in [-0.4, -0.2) is 15.0 Å². The van der Waals surface area contributed by atoms with Crippen molar-refractivity contribution in [3.05, 3.63) is 27.9 Å². The van der Waals surface area contributed by atoms with Crippen molar-refractivity contribution in [3.63, 3.8) is 0 Å². The van der Waals surface area contributed by atoms with Gasteiger partial charge in [0.1, 0.15) is 22.2 Å². The number of thiazole rings is 1. The van der Waals surface area contributed by atoms with Crippen LogP contribution in [0.1, 0.15) is 23.9 Å². The molecule has 1 aliphatic carbocycles. The van der Waals surface area contributed by atoms with E-state index < -0.39 is 0 Å². The highest BCUT2D eigenvalue weighted by molar-refractivity contribution is 7.09. The van der Waals surface area contributed by atoms with Crippen LogP contribution in [0, 0.1) is 5.92 Å². The lowest BCUT2D eigenvalue weighted by atomic mass is 10.2. The van der Waals surface area contributed by atoms with Crippen molar-refractivity contribution in [2.24, 2.45) is 5.92 Å². The number of rotatable bonds is 4. The van der Waals surface area contributed by atoms with E-state index >= 15 is 0 Å². The lowest BCUT2D eigenvalue weighted by molar-refractivity contribution is 0.670. The summed E-state index contributed by atoms with van der Waals surface area (Å²) in [6.07, 6.45) is 5.63. The molecule has 0 amide bonds. The quantitative estimate of drug-likeness (QED) is 0.901. The fraction of sp³-hybridized carbons (Fsp3) is 0.364. The summed E-state index contributed by atoms with van der Waals surface area (Å²) >= 11 is 7.73. The largest absolute Gasteiger partial charge is 0.382 e. The number of nitrogens with two attached hydrogens (primary N) is 1. The molecule has 2 aromatic rings. The molecule has 0 bridgehead atoms. The normalized spacial score (nSPS) is 16.5. The fourth-order valence-electron chi connectivity index (χ4n) is 1.83. The number of nitrogens with zero attached hydrogens (tertiary/aromatic N) is 3. The zero-order valence-electron chi connectivity index (χ0n) is 9.51. The maximum atomic E-state index is 6.09. The zero-order valence-corrected chi connectivity index (χ0v) is 11.1. The number of nitrogen functional groups attached to an aromatic ring is 1. The third kappa shape index (κ3) is 2.26. The van der Waals surface area contributed by atoms with Gasteiger partial charge in [0.25, 0.3) is 0 Å². The van der Waals surface area contributed by atoms with Crippen molar-refractivity contribution < 1.29 is 0 Å². The Labute approximate surface area is 113 Å². The first-order chi connectivity index (χ1) is 8.75. The number of hydrogen-bond acceptors (Lipinski definition) is 6. The van der Waals surface area contributed by atoms with Crippen LogP contribution in [0.2, 0.25) is 5.02 Å². The van der Waals surface area contributed by atoms with Crippen molar-refractivity contribution in [1.29, 1.82) is 0 Å². The number of halogens is 1. The number of anilines is 2. The Bertz CT molecular complexity index is 540. The summed E-state index contributed by atoms with van der Waals surface area (Å²) in [6, 6.07) is 0.164. The van der Waals surface area contributed by atoms with Crippen LogP contribution in [0.4, 0.5) is 11.6 Å². The predicted molar refractivity (Wildman–Crippen MR) is 72.7 cm³/mol. The van der Waals surface area contributed by atoms with Crippen molar-refractivity contribution in [1.82, 2.24) is 15.0 Å². The zero-order chi connectivity index (χ0) is 12.5. The topological polar surface area (TPSA) is 76.7 Å². The molecule has 0 spiro atoms. The summed E-state index contributed by atoms with van der Waals surface area (Å²) in [5.74, 6) is 1.47. The van der Waals surface area contributed by atoms with Crippen LogP contribution in [0.5, 0.6) is 0 Å². The van der Waals surface area contributed by atoms with Gasteiger partial charge in [-0.25, -0.2) is 15.0 Å². The molecule has 18 heavy (non-hydrogen) atoms. The molecule has 3 rings (SSSR count). The molecule has 3 N–H and O–H groups in total. The number of aromatic nitrogens is 3. The van der Waals surface area contributed by atoms with Gasteiger partial charge < -0.3 is 11.1 Å². The minimum Gasteiger partial charge on any atom is -0.382 e. The minimum atomic E-state index is 0.164. The van der Waals surface area contributed by atoms with E-state index in [0.717, 1.165) is 5.01 Å². The third-order valence-corrected chi connectivity index (χ3v) is 4.15. The summed E-state index contributed by atoms with van der Waals surface area (Å²) in [7, 11) is 0. The van der Waals surface area contributed by atoms with Crippen LogP contribution in [0.15, 0.2) is 17.9 Å². The number of nitrogens with one attached hydrogen (secondary N) is 1. The Hall–Kier alpha value is -1.40. The highest BCUT2D eigenvalue weighted by Gasteiger charge is 2.34. The lowest BCUT2D eigenvalue weighted by Gasteiger charge is -2.17. The van der Waals surface area contributed by atoms with E-state index in [4.69, 9.17) is 17.3 Å². The molecular formula is C11H12ClN5S. The summed E-state index contributed by atoms with van der Waals surface area (Å²) in [5.41, 5.74) is 5.67. The van der Waals surface area contributed by atoms with Gasteiger partial charge in [0.05, 0.1) is 6.04 Å². The standard InChI is InChI=1S/C11H12ClN5S/c12-7-9(13)15-5-16-10(7)17-8(6-1-2-6)11-14-3-4-18-11/h3-6,8H,1-2H2,(H3,13,15,16,17)/t8-/m0/s1. The van der Waals surface area contributed by atoms with Crippen LogP contribution in [-0.2, 0) is 0 Å². The molecule has 1 saturated carbocycles. The molecule has 1 aliphatic rings. The fourth-order valence-corrected chi connectivity index (χ4v) is 2.76.